The number of hydrogen-bond donors (Lipinski definition) is 1. The summed E-state index contributed by atoms with van der Waals surface area (Å²) in [7, 11) is -0.288. The maximum atomic E-state index is 9.66. The zero-order chi connectivity index (χ0) is 10.1. The molecule has 0 saturated heterocycles. The molecule has 1 aromatic carbocycles. The van der Waals surface area contributed by atoms with Crippen LogP contribution < -0.4 is 5.30 Å². The van der Waals surface area contributed by atoms with Gasteiger partial charge in [-0.25, -0.2) is 0 Å². The summed E-state index contributed by atoms with van der Waals surface area (Å²) < 4.78 is 0. The summed E-state index contributed by atoms with van der Waals surface area (Å²) in [6, 6.07) is 7.64. The van der Waals surface area contributed by atoms with Gasteiger partial charge in [-0.3, -0.25) is 0 Å². The van der Waals surface area contributed by atoms with E-state index in [1.54, 1.807) is 6.07 Å². The Morgan fingerprint density at radius 2 is 1.69 bits per heavy atom. The molecule has 0 fully saturated rings. The summed E-state index contributed by atoms with van der Waals surface area (Å²) in [6.07, 6.45) is 0. The van der Waals surface area contributed by atoms with Gasteiger partial charge in [-0.1, -0.05) is 46.9 Å². The highest BCUT2D eigenvalue weighted by Crippen LogP contribution is 2.46. The number of hydrogen-bond acceptors (Lipinski definition) is 1. The Balaban J connectivity index is 3.02. The van der Waals surface area contributed by atoms with E-state index in [1.807, 2.05) is 18.2 Å². The minimum Gasteiger partial charge on any atom is -0.507 e. The van der Waals surface area contributed by atoms with Crippen molar-refractivity contribution in [3.05, 3.63) is 24.3 Å². The van der Waals surface area contributed by atoms with Crippen molar-refractivity contribution in [2.45, 2.75) is 25.9 Å². The minimum absolute atomic E-state index is 0.258. The predicted molar refractivity (Wildman–Crippen MR) is 60.3 cm³/mol. The molecule has 13 heavy (non-hydrogen) atoms. The Morgan fingerprint density at radius 3 is 2.15 bits per heavy atom. The van der Waals surface area contributed by atoms with Gasteiger partial charge in [0.2, 0.25) is 0 Å². The van der Waals surface area contributed by atoms with Gasteiger partial charge in [0, 0.05) is 5.30 Å². The molecule has 0 unspecified atom stereocenters. The zero-order valence-corrected chi connectivity index (χ0v) is 9.60. The molecule has 0 saturated carbocycles. The van der Waals surface area contributed by atoms with E-state index < -0.39 is 0 Å². The van der Waals surface area contributed by atoms with Crippen molar-refractivity contribution < 1.29 is 5.11 Å². The van der Waals surface area contributed by atoms with E-state index in [0.29, 0.717) is 5.75 Å². The molecule has 1 atom stereocenters. The average molecular weight is 196 g/mol. The van der Waals surface area contributed by atoms with Crippen molar-refractivity contribution in [1.82, 2.24) is 0 Å². The molecule has 72 valence electrons. The first-order valence-corrected chi connectivity index (χ1v) is 6.23. The third kappa shape index (κ3) is 2.45. The highest BCUT2D eigenvalue weighted by Gasteiger charge is 2.22. The lowest BCUT2D eigenvalue weighted by Gasteiger charge is -2.28. The van der Waals surface area contributed by atoms with Crippen LogP contribution in [-0.4, -0.2) is 16.9 Å². The second-order valence-electron chi connectivity index (χ2n) is 4.22. The molecular weight excluding hydrogens is 179 g/mol. The van der Waals surface area contributed by atoms with Crippen molar-refractivity contribution in [1.29, 1.82) is 0 Å². The first-order valence-electron chi connectivity index (χ1n) is 4.45. The summed E-state index contributed by atoms with van der Waals surface area (Å²) in [4.78, 5) is 0. The lowest BCUT2D eigenvalue weighted by atomic mass is 10.3. The topological polar surface area (TPSA) is 20.2 Å². The molecule has 0 aromatic heterocycles. The second kappa shape index (κ2) is 3.67. The molecule has 0 heterocycles. The van der Waals surface area contributed by atoms with Gasteiger partial charge in [0.1, 0.15) is 5.75 Å². The Bertz CT molecular complexity index is 288. The number of phenols is 1. The van der Waals surface area contributed by atoms with Gasteiger partial charge in [-0.15, -0.1) is 0 Å². The van der Waals surface area contributed by atoms with Gasteiger partial charge in [-0.2, -0.15) is 0 Å². The van der Waals surface area contributed by atoms with E-state index in [-0.39, 0.29) is 13.1 Å². The number of aromatic hydroxyl groups is 1. The molecule has 0 radical (unpaired) electrons. The quantitative estimate of drug-likeness (QED) is 0.685. The van der Waals surface area contributed by atoms with Crippen molar-refractivity contribution in [2.75, 3.05) is 6.66 Å². The summed E-state index contributed by atoms with van der Waals surface area (Å²) in [5, 5.41) is 11.0. The Kier molecular flexibility index (Phi) is 2.98. The lowest BCUT2D eigenvalue weighted by Crippen LogP contribution is -2.18. The predicted octanol–water partition coefficient (Wildman–Crippen LogP) is 2.93. The Labute approximate surface area is 81.6 Å². The lowest BCUT2D eigenvalue weighted by molar-refractivity contribution is 0.479. The molecule has 1 N–H and O–H groups in total. The van der Waals surface area contributed by atoms with Crippen molar-refractivity contribution in [2.24, 2.45) is 0 Å². The molecule has 1 rings (SSSR count). The highest BCUT2D eigenvalue weighted by atomic mass is 31.1. The van der Waals surface area contributed by atoms with Crippen LogP contribution >= 0.6 is 7.92 Å². The summed E-state index contributed by atoms with van der Waals surface area (Å²) in [6.45, 7) is 8.85. The van der Waals surface area contributed by atoms with Crippen molar-refractivity contribution in [3.63, 3.8) is 0 Å². The molecular formula is C11H17OP. The van der Waals surface area contributed by atoms with E-state index in [1.165, 1.54) is 0 Å². The van der Waals surface area contributed by atoms with E-state index in [4.69, 9.17) is 0 Å². The fourth-order valence-corrected chi connectivity index (χ4v) is 2.56. The number of phenolic OH excluding ortho intramolecular Hbond substituents is 1. The van der Waals surface area contributed by atoms with Crippen LogP contribution in [0.25, 0.3) is 0 Å². The molecule has 2 heteroatoms. The summed E-state index contributed by atoms with van der Waals surface area (Å²) in [5.74, 6) is 0.436. The first kappa shape index (κ1) is 10.5. The maximum absolute atomic E-state index is 9.66. The normalized spacial score (nSPS) is 14.2. The average Bonchev–Trinajstić information content (AvgIpc) is 2.02. The van der Waals surface area contributed by atoms with Gasteiger partial charge < -0.3 is 5.11 Å². The largest absolute Gasteiger partial charge is 0.507 e. The van der Waals surface area contributed by atoms with E-state index >= 15 is 0 Å². The summed E-state index contributed by atoms with van der Waals surface area (Å²) in [5.41, 5.74) is 0. The smallest absolute Gasteiger partial charge is 0.123 e. The SMILES string of the molecule is C[P@](c1ccccc1O)C(C)(C)C. The van der Waals surface area contributed by atoms with Crippen LogP contribution in [0.3, 0.4) is 0 Å². The third-order valence-corrected chi connectivity index (χ3v) is 5.36. The molecule has 0 amide bonds. The van der Waals surface area contributed by atoms with Gasteiger partial charge in [0.05, 0.1) is 0 Å². The summed E-state index contributed by atoms with van der Waals surface area (Å²) >= 11 is 0. The monoisotopic (exact) mass is 196 g/mol. The van der Waals surface area contributed by atoms with E-state index in [0.717, 1.165) is 5.30 Å². The van der Waals surface area contributed by atoms with Crippen LogP contribution in [0.15, 0.2) is 24.3 Å². The minimum atomic E-state index is -0.288. The number of para-hydroxylation sites is 1. The molecule has 0 spiro atoms. The fourth-order valence-electron chi connectivity index (χ4n) is 1.11. The van der Waals surface area contributed by atoms with Crippen molar-refractivity contribution >= 4 is 13.2 Å². The molecule has 1 nitrogen and oxygen atoms in total. The zero-order valence-electron chi connectivity index (χ0n) is 8.70. The Hall–Kier alpha value is -0.550. The van der Waals surface area contributed by atoms with Gasteiger partial charge in [0.25, 0.3) is 0 Å². The number of benzene rings is 1. The van der Waals surface area contributed by atoms with Gasteiger partial charge in [-0.05, 0) is 17.9 Å². The van der Waals surface area contributed by atoms with Crippen LogP contribution in [0.2, 0.25) is 0 Å². The van der Waals surface area contributed by atoms with E-state index in [9.17, 15) is 5.11 Å². The van der Waals surface area contributed by atoms with Crippen molar-refractivity contribution in [3.8, 4) is 5.75 Å². The highest BCUT2D eigenvalue weighted by molar-refractivity contribution is 7.66. The molecule has 0 aliphatic rings. The van der Waals surface area contributed by atoms with Crippen LogP contribution in [0.4, 0.5) is 0 Å². The standard InChI is InChI=1S/C11H17OP/c1-11(2,3)13(4)10-8-6-5-7-9(10)12/h5-8,12H,1-4H3/t13-/m1/s1. The molecule has 0 aliphatic heterocycles. The molecule has 0 bridgehead atoms. The molecule has 0 aliphatic carbocycles. The number of rotatable bonds is 1. The fraction of sp³-hybridized carbons (Fsp3) is 0.455. The van der Waals surface area contributed by atoms with Crippen LogP contribution in [0.5, 0.6) is 5.75 Å². The first-order chi connectivity index (χ1) is 5.93. The van der Waals surface area contributed by atoms with Crippen LogP contribution in [0.1, 0.15) is 20.8 Å². The van der Waals surface area contributed by atoms with Crippen LogP contribution in [0, 0.1) is 0 Å². The second-order valence-corrected chi connectivity index (χ2v) is 7.16. The van der Waals surface area contributed by atoms with Crippen LogP contribution in [-0.2, 0) is 0 Å². The van der Waals surface area contributed by atoms with Gasteiger partial charge >= 0.3 is 0 Å². The van der Waals surface area contributed by atoms with Gasteiger partial charge in [0.15, 0.2) is 0 Å². The van der Waals surface area contributed by atoms with E-state index in [2.05, 4.69) is 27.4 Å². The molecule has 1 aromatic rings. The third-order valence-electron chi connectivity index (χ3n) is 2.25. The Morgan fingerprint density at radius 1 is 1.15 bits per heavy atom. The maximum Gasteiger partial charge on any atom is 0.123 e.